The van der Waals surface area contributed by atoms with E-state index in [1.54, 1.807) is 49.6 Å². The molecule has 0 aliphatic carbocycles. The van der Waals surface area contributed by atoms with Gasteiger partial charge in [0.05, 0.1) is 18.3 Å². The molecule has 0 spiro atoms. The molecule has 1 atom stereocenters. The highest BCUT2D eigenvalue weighted by Gasteiger charge is 2.55. The number of benzene rings is 2. The Kier molecular flexibility index (Phi) is 6.60. The van der Waals surface area contributed by atoms with Gasteiger partial charge in [-0.25, -0.2) is 9.59 Å². The van der Waals surface area contributed by atoms with Crippen molar-refractivity contribution in [1.82, 2.24) is 0 Å². The van der Waals surface area contributed by atoms with E-state index in [1.807, 2.05) is 13.8 Å². The van der Waals surface area contributed by atoms with Crippen LogP contribution in [0.15, 0.2) is 54.3 Å². The lowest BCUT2D eigenvalue weighted by Gasteiger charge is -2.28. The zero-order chi connectivity index (χ0) is 23.5. The van der Waals surface area contributed by atoms with Crippen molar-refractivity contribution in [3.63, 3.8) is 0 Å². The van der Waals surface area contributed by atoms with E-state index in [9.17, 15) is 19.8 Å². The lowest BCUT2D eigenvalue weighted by molar-refractivity contribution is -0.169. The van der Waals surface area contributed by atoms with Crippen molar-refractivity contribution in [3.8, 4) is 5.75 Å². The van der Waals surface area contributed by atoms with Crippen molar-refractivity contribution in [2.45, 2.75) is 44.3 Å². The van der Waals surface area contributed by atoms with Gasteiger partial charge in [0, 0.05) is 13.5 Å². The third kappa shape index (κ3) is 4.48. The molecule has 1 aliphatic heterocycles. The van der Waals surface area contributed by atoms with E-state index in [0.717, 1.165) is 0 Å². The number of phenolic OH excluding ortho intramolecular Hbond substituents is 1. The Morgan fingerprint density at radius 3 is 2.41 bits per heavy atom. The number of aromatic hydroxyl groups is 1. The Hall–Kier alpha value is -3.32. The Morgan fingerprint density at radius 2 is 1.78 bits per heavy atom. The second kappa shape index (κ2) is 9.04. The van der Waals surface area contributed by atoms with Crippen LogP contribution < -0.4 is 0 Å². The zero-order valence-electron chi connectivity index (χ0n) is 18.7. The van der Waals surface area contributed by atoms with Gasteiger partial charge in [-0.05, 0) is 49.4 Å². The van der Waals surface area contributed by atoms with Gasteiger partial charge in [-0.1, -0.05) is 42.5 Å². The monoisotopic (exact) mass is 440 g/mol. The standard InChI is InChI=1S/C25H28O7/c1-24(2,31-4)13-12-18-14-16(10-11-19(18)26)15-25(23(29)30-3)20(21(27)22(28)32-25)17-8-6-5-7-9-17/h5-11,14,26-27H,12-13,15H2,1-4H3. The molecule has 1 aliphatic rings. The molecule has 0 saturated heterocycles. The maximum atomic E-state index is 13.0. The number of cyclic esters (lactones) is 1. The highest BCUT2D eigenvalue weighted by Crippen LogP contribution is 2.42. The van der Waals surface area contributed by atoms with Crippen molar-refractivity contribution < 1.29 is 34.0 Å². The Morgan fingerprint density at radius 1 is 1.09 bits per heavy atom. The summed E-state index contributed by atoms with van der Waals surface area (Å²) in [6.07, 6.45) is 1.13. The topological polar surface area (TPSA) is 102 Å². The first-order valence-corrected chi connectivity index (χ1v) is 10.3. The van der Waals surface area contributed by atoms with E-state index in [2.05, 4.69) is 0 Å². The third-order valence-corrected chi connectivity index (χ3v) is 5.82. The fraction of sp³-hybridized carbons (Fsp3) is 0.360. The minimum Gasteiger partial charge on any atom is -0.508 e. The molecule has 0 radical (unpaired) electrons. The molecular formula is C25H28O7. The average molecular weight is 440 g/mol. The second-order valence-electron chi connectivity index (χ2n) is 8.40. The smallest absolute Gasteiger partial charge is 0.375 e. The van der Waals surface area contributed by atoms with Crippen LogP contribution in [0.4, 0.5) is 0 Å². The number of carbonyl (C=O) groups excluding carboxylic acids is 2. The summed E-state index contributed by atoms with van der Waals surface area (Å²) in [7, 11) is 2.83. The number of hydrogen-bond acceptors (Lipinski definition) is 7. The molecule has 1 unspecified atom stereocenters. The molecule has 32 heavy (non-hydrogen) atoms. The van der Waals surface area contributed by atoms with Gasteiger partial charge in [0.25, 0.3) is 0 Å². The first-order chi connectivity index (χ1) is 15.1. The van der Waals surface area contributed by atoms with Gasteiger partial charge in [-0.2, -0.15) is 0 Å². The largest absolute Gasteiger partial charge is 0.508 e. The predicted octanol–water partition coefficient (Wildman–Crippen LogP) is 3.73. The van der Waals surface area contributed by atoms with Crippen LogP contribution in [-0.4, -0.2) is 47.6 Å². The number of aliphatic hydroxyl groups is 1. The number of methoxy groups -OCH3 is 2. The zero-order valence-corrected chi connectivity index (χ0v) is 18.7. The molecular weight excluding hydrogens is 412 g/mol. The summed E-state index contributed by atoms with van der Waals surface area (Å²) >= 11 is 0. The summed E-state index contributed by atoms with van der Waals surface area (Å²) in [5.74, 6) is -2.29. The molecule has 0 fully saturated rings. The van der Waals surface area contributed by atoms with Gasteiger partial charge in [0.15, 0.2) is 0 Å². The fourth-order valence-electron chi connectivity index (χ4n) is 3.81. The molecule has 0 saturated carbocycles. The van der Waals surface area contributed by atoms with Crippen molar-refractivity contribution in [2.24, 2.45) is 0 Å². The average Bonchev–Trinajstić information content (AvgIpc) is 3.04. The molecule has 7 heteroatoms. The van der Waals surface area contributed by atoms with E-state index in [-0.39, 0.29) is 23.3 Å². The molecule has 7 nitrogen and oxygen atoms in total. The number of aryl methyl sites for hydroxylation is 1. The van der Waals surface area contributed by atoms with Crippen LogP contribution >= 0.6 is 0 Å². The molecule has 3 rings (SSSR count). The molecule has 0 bridgehead atoms. The van der Waals surface area contributed by atoms with E-state index in [0.29, 0.717) is 29.5 Å². The van der Waals surface area contributed by atoms with E-state index < -0.39 is 23.3 Å². The summed E-state index contributed by atoms with van der Waals surface area (Å²) in [4.78, 5) is 25.3. The van der Waals surface area contributed by atoms with Crippen LogP contribution in [0.2, 0.25) is 0 Å². The van der Waals surface area contributed by atoms with Crippen molar-refractivity contribution >= 4 is 17.5 Å². The number of rotatable bonds is 8. The molecule has 2 N–H and O–H groups in total. The molecule has 0 amide bonds. The van der Waals surface area contributed by atoms with Gasteiger partial charge >= 0.3 is 11.9 Å². The van der Waals surface area contributed by atoms with E-state index in [1.165, 1.54) is 13.2 Å². The molecule has 2 aromatic carbocycles. The third-order valence-electron chi connectivity index (χ3n) is 5.82. The first-order valence-electron chi connectivity index (χ1n) is 10.3. The highest BCUT2D eigenvalue weighted by molar-refractivity contribution is 6.11. The van der Waals surface area contributed by atoms with Gasteiger partial charge in [-0.3, -0.25) is 0 Å². The summed E-state index contributed by atoms with van der Waals surface area (Å²) < 4.78 is 15.9. The van der Waals surface area contributed by atoms with Gasteiger partial charge < -0.3 is 24.4 Å². The molecule has 0 aromatic heterocycles. The Labute approximate surface area is 187 Å². The van der Waals surface area contributed by atoms with Crippen LogP contribution in [0.3, 0.4) is 0 Å². The summed E-state index contributed by atoms with van der Waals surface area (Å²) in [6, 6.07) is 13.6. The highest BCUT2D eigenvalue weighted by atomic mass is 16.6. The van der Waals surface area contributed by atoms with Gasteiger partial charge in [-0.15, -0.1) is 0 Å². The summed E-state index contributed by atoms with van der Waals surface area (Å²) in [5, 5.41) is 20.8. The number of esters is 2. The van der Waals surface area contributed by atoms with Crippen molar-refractivity contribution in [2.75, 3.05) is 14.2 Å². The minimum atomic E-state index is -1.85. The van der Waals surface area contributed by atoms with Crippen LogP contribution in [0.1, 0.15) is 37.0 Å². The summed E-state index contributed by atoms with van der Waals surface area (Å²) in [6.45, 7) is 3.91. The number of ether oxygens (including phenoxy) is 3. The number of phenols is 1. The van der Waals surface area contributed by atoms with Crippen molar-refractivity contribution in [3.05, 3.63) is 71.0 Å². The number of aliphatic hydroxyl groups excluding tert-OH is 1. The SMILES string of the molecule is COC(=O)C1(Cc2ccc(O)c(CCC(C)(C)OC)c2)OC(=O)C(O)=C1c1ccccc1. The first kappa shape index (κ1) is 23.3. The van der Waals surface area contributed by atoms with Crippen LogP contribution in [0.5, 0.6) is 5.75 Å². The Bertz CT molecular complexity index is 1040. The maximum absolute atomic E-state index is 13.0. The fourth-order valence-corrected chi connectivity index (χ4v) is 3.81. The minimum absolute atomic E-state index is 0.0603. The quantitative estimate of drug-likeness (QED) is 0.603. The van der Waals surface area contributed by atoms with Gasteiger partial charge in [0.2, 0.25) is 11.4 Å². The summed E-state index contributed by atoms with van der Waals surface area (Å²) in [5.41, 5.74) is -0.379. The second-order valence-corrected chi connectivity index (χ2v) is 8.40. The van der Waals surface area contributed by atoms with Gasteiger partial charge in [0.1, 0.15) is 5.75 Å². The van der Waals surface area contributed by atoms with Crippen LogP contribution in [0.25, 0.3) is 5.57 Å². The molecule has 1 heterocycles. The molecule has 170 valence electrons. The maximum Gasteiger partial charge on any atom is 0.375 e. The van der Waals surface area contributed by atoms with E-state index in [4.69, 9.17) is 14.2 Å². The van der Waals surface area contributed by atoms with Crippen molar-refractivity contribution in [1.29, 1.82) is 0 Å². The normalized spacial score (nSPS) is 18.6. The van der Waals surface area contributed by atoms with Crippen LogP contribution in [0, 0.1) is 0 Å². The Balaban J connectivity index is 2.03. The van der Waals surface area contributed by atoms with Crippen LogP contribution in [-0.2, 0) is 36.6 Å². The lowest BCUT2D eigenvalue weighted by Crippen LogP contribution is -2.44. The predicted molar refractivity (Wildman–Crippen MR) is 118 cm³/mol. The lowest BCUT2D eigenvalue weighted by atomic mass is 9.82. The number of carbonyl (C=O) groups is 2. The molecule has 2 aromatic rings. The van der Waals surface area contributed by atoms with E-state index >= 15 is 0 Å². The number of hydrogen-bond donors (Lipinski definition) is 2.